The molecule has 2 aliphatic rings. The molecular weight excluding hydrogens is 394 g/mol. The van der Waals surface area contributed by atoms with E-state index in [0.29, 0.717) is 23.4 Å². The predicted molar refractivity (Wildman–Crippen MR) is 115 cm³/mol. The number of anilines is 1. The number of aromatic amines is 1. The van der Waals surface area contributed by atoms with E-state index < -0.39 is 0 Å². The highest BCUT2D eigenvalue weighted by atomic mass is 16.2. The molecule has 31 heavy (non-hydrogen) atoms. The lowest BCUT2D eigenvalue weighted by Gasteiger charge is -2.41. The van der Waals surface area contributed by atoms with E-state index in [1.54, 1.807) is 20.4 Å². The topological polar surface area (TPSA) is 109 Å². The van der Waals surface area contributed by atoms with Crippen LogP contribution < -0.4 is 4.90 Å². The van der Waals surface area contributed by atoms with Gasteiger partial charge in [-0.3, -0.25) is 9.36 Å². The first-order valence-corrected chi connectivity index (χ1v) is 10.8. The zero-order valence-corrected chi connectivity index (χ0v) is 18.3. The molecule has 0 radical (unpaired) electrons. The Hall–Kier alpha value is -3.30. The van der Waals surface area contributed by atoms with E-state index in [9.17, 15) is 4.79 Å². The average Bonchev–Trinajstić information content (AvgIpc) is 3.52. The van der Waals surface area contributed by atoms with Gasteiger partial charge in [0.25, 0.3) is 5.91 Å². The molecule has 3 aromatic rings. The molecule has 1 fully saturated rings. The van der Waals surface area contributed by atoms with Crippen molar-refractivity contribution < 1.29 is 4.79 Å². The maximum absolute atomic E-state index is 12.3. The minimum Gasteiger partial charge on any atom is -0.343 e. The van der Waals surface area contributed by atoms with Crippen molar-refractivity contribution in [3.63, 3.8) is 0 Å². The van der Waals surface area contributed by atoms with Gasteiger partial charge in [0, 0.05) is 20.1 Å². The summed E-state index contributed by atoms with van der Waals surface area (Å²) in [6.07, 6.45) is 8.94. The molecule has 10 heteroatoms. The fourth-order valence-electron chi connectivity index (χ4n) is 4.81. The summed E-state index contributed by atoms with van der Waals surface area (Å²) in [5.74, 6) is 2.68. The number of hydrogen-bond acceptors (Lipinski definition) is 7. The summed E-state index contributed by atoms with van der Waals surface area (Å²) >= 11 is 0. The van der Waals surface area contributed by atoms with Crippen LogP contribution in [0.1, 0.15) is 67.1 Å². The van der Waals surface area contributed by atoms with E-state index >= 15 is 0 Å². The number of carbonyl (C=O) groups excluding carboxylic acids is 1. The summed E-state index contributed by atoms with van der Waals surface area (Å²) in [5, 5.41) is 8.64. The number of H-pyrrole nitrogens is 1. The number of aromatic nitrogens is 7. The summed E-state index contributed by atoms with van der Waals surface area (Å²) in [4.78, 5) is 33.4. The van der Waals surface area contributed by atoms with Gasteiger partial charge in [-0.1, -0.05) is 19.8 Å². The van der Waals surface area contributed by atoms with Crippen LogP contribution in [0.5, 0.6) is 0 Å². The smallest absolute Gasteiger partial charge is 0.271 e. The maximum atomic E-state index is 12.3. The van der Waals surface area contributed by atoms with Crippen molar-refractivity contribution in [2.24, 2.45) is 0 Å². The van der Waals surface area contributed by atoms with Gasteiger partial charge in [-0.15, -0.1) is 10.2 Å². The monoisotopic (exact) mass is 421 g/mol. The Bertz CT molecular complexity index is 1130. The SMILES string of the molecule is CC[C@@H]1c2nncn2-c2c(C)nc(-c3ncc(C(=O)N(C)C)[nH]3)nc2N1C1CCCC1. The van der Waals surface area contributed by atoms with E-state index in [-0.39, 0.29) is 11.9 Å². The Morgan fingerprint density at radius 3 is 2.74 bits per heavy atom. The number of rotatable bonds is 4. The van der Waals surface area contributed by atoms with E-state index in [1.165, 1.54) is 23.9 Å². The van der Waals surface area contributed by atoms with Crippen LogP contribution in [0.15, 0.2) is 12.5 Å². The van der Waals surface area contributed by atoms with E-state index in [0.717, 1.165) is 42.3 Å². The van der Waals surface area contributed by atoms with Crippen molar-refractivity contribution in [3.8, 4) is 17.3 Å². The minimum absolute atomic E-state index is 0.114. The van der Waals surface area contributed by atoms with Gasteiger partial charge in [0.1, 0.15) is 17.7 Å². The molecule has 1 saturated carbocycles. The van der Waals surface area contributed by atoms with Gasteiger partial charge < -0.3 is 14.8 Å². The molecule has 0 bridgehead atoms. The highest BCUT2D eigenvalue weighted by Crippen LogP contribution is 2.43. The van der Waals surface area contributed by atoms with Crippen molar-refractivity contribution in [3.05, 3.63) is 29.7 Å². The summed E-state index contributed by atoms with van der Waals surface area (Å²) in [6, 6.07) is 0.529. The number of nitrogens with one attached hydrogen (secondary N) is 1. The Kier molecular flexibility index (Phi) is 4.71. The summed E-state index contributed by atoms with van der Waals surface area (Å²) in [6.45, 7) is 4.15. The third-order valence-corrected chi connectivity index (χ3v) is 6.26. The molecule has 162 valence electrons. The van der Waals surface area contributed by atoms with Gasteiger partial charge in [-0.2, -0.15) is 0 Å². The highest BCUT2D eigenvalue weighted by molar-refractivity contribution is 5.92. The Morgan fingerprint density at radius 1 is 1.26 bits per heavy atom. The number of hydrogen-bond donors (Lipinski definition) is 1. The molecule has 1 amide bonds. The van der Waals surface area contributed by atoms with Gasteiger partial charge in [0.05, 0.1) is 17.9 Å². The number of imidazole rings is 1. The third kappa shape index (κ3) is 3.08. The number of fused-ring (bicyclic) bond motifs is 3. The molecular formula is C21H27N9O. The molecule has 0 saturated heterocycles. The molecule has 4 heterocycles. The first-order valence-electron chi connectivity index (χ1n) is 10.8. The van der Waals surface area contributed by atoms with Gasteiger partial charge in [0.15, 0.2) is 23.3 Å². The second-order valence-corrected chi connectivity index (χ2v) is 8.48. The van der Waals surface area contributed by atoms with Crippen molar-refractivity contribution in [1.29, 1.82) is 0 Å². The minimum atomic E-state index is -0.138. The standard InChI is InChI=1S/C21H27N9O/c1-5-15-19-27-23-11-29(19)16-12(2)24-18(17-22-10-14(25-17)21(31)28(3)4)26-20(16)30(15)13-8-6-7-9-13/h10-11,13,15H,5-9H2,1-4H3,(H,22,25)/t15-/m1/s1. The van der Waals surface area contributed by atoms with Gasteiger partial charge in [-0.25, -0.2) is 15.0 Å². The van der Waals surface area contributed by atoms with Crippen molar-refractivity contribution in [2.45, 2.75) is 58.0 Å². The first kappa shape index (κ1) is 19.7. The second-order valence-electron chi connectivity index (χ2n) is 8.48. The highest BCUT2D eigenvalue weighted by Gasteiger charge is 2.39. The molecule has 1 atom stereocenters. The van der Waals surface area contributed by atoms with Crippen LogP contribution in [0, 0.1) is 6.92 Å². The molecule has 1 aliphatic heterocycles. The summed E-state index contributed by atoms with van der Waals surface area (Å²) in [7, 11) is 3.42. The lowest BCUT2D eigenvalue weighted by Crippen LogP contribution is -2.42. The number of nitrogens with zero attached hydrogens (tertiary/aromatic N) is 8. The third-order valence-electron chi connectivity index (χ3n) is 6.26. The first-order chi connectivity index (χ1) is 15.0. The number of amides is 1. The van der Waals surface area contributed by atoms with Gasteiger partial charge in [-0.05, 0) is 26.2 Å². The second kappa shape index (κ2) is 7.44. The molecule has 0 unspecified atom stereocenters. The van der Waals surface area contributed by atoms with Crippen LogP contribution in [0.3, 0.4) is 0 Å². The molecule has 0 aromatic carbocycles. The quantitative estimate of drug-likeness (QED) is 0.690. The fourth-order valence-corrected chi connectivity index (χ4v) is 4.81. The van der Waals surface area contributed by atoms with Crippen LogP contribution in [-0.2, 0) is 0 Å². The van der Waals surface area contributed by atoms with Gasteiger partial charge >= 0.3 is 0 Å². The Labute approximate surface area is 180 Å². The summed E-state index contributed by atoms with van der Waals surface area (Å²) in [5.41, 5.74) is 2.17. The predicted octanol–water partition coefficient (Wildman–Crippen LogP) is 2.67. The van der Waals surface area contributed by atoms with E-state index in [1.807, 2.05) is 11.5 Å². The lowest BCUT2D eigenvalue weighted by molar-refractivity contribution is 0.0822. The van der Waals surface area contributed by atoms with Crippen molar-refractivity contribution in [1.82, 2.24) is 39.6 Å². The lowest BCUT2D eigenvalue weighted by atomic mass is 10.0. The summed E-state index contributed by atoms with van der Waals surface area (Å²) < 4.78 is 2.02. The molecule has 3 aromatic heterocycles. The van der Waals surface area contributed by atoms with E-state index in [2.05, 4.69) is 32.0 Å². The van der Waals surface area contributed by atoms with Crippen molar-refractivity contribution in [2.75, 3.05) is 19.0 Å². The average molecular weight is 422 g/mol. The molecule has 1 N–H and O–H groups in total. The van der Waals surface area contributed by atoms with Crippen LogP contribution in [0.2, 0.25) is 0 Å². The zero-order valence-electron chi connectivity index (χ0n) is 18.3. The maximum Gasteiger partial charge on any atom is 0.271 e. The molecule has 1 aliphatic carbocycles. The van der Waals surface area contributed by atoms with Crippen LogP contribution in [0.4, 0.5) is 5.82 Å². The van der Waals surface area contributed by atoms with Crippen LogP contribution in [-0.4, -0.2) is 65.6 Å². The normalized spacial score (nSPS) is 18.2. The largest absolute Gasteiger partial charge is 0.343 e. The van der Waals surface area contributed by atoms with Crippen LogP contribution >= 0.6 is 0 Å². The number of aryl methyl sites for hydroxylation is 1. The van der Waals surface area contributed by atoms with E-state index in [4.69, 9.17) is 9.97 Å². The zero-order chi connectivity index (χ0) is 21.7. The van der Waals surface area contributed by atoms with Crippen molar-refractivity contribution >= 4 is 11.7 Å². The van der Waals surface area contributed by atoms with Gasteiger partial charge in [0.2, 0.25) is 0 Å². The Morgan fingerprint density at radius 2 is 2.03 bits per heavy atom. The molecule has 0 spiro atoms. The van der Waals surface area contributed by atoms with Crippen LogP contribution in [0.25, 0.3) is 17.3 Å². The Balaban J connectivity index is 1.66. The molecule has 10 nitrogen and oxygen atoms in total. The fraction of sp³-hybridized carbons (Fsp3) is 0.524. The number of carbonyl (C=O) groups is 1. The molecule has 5 rings (SSSR count).